The van der Waals surface area contributed by atoms with E-state index < -0.39 is 0 Å². The second-order valence-electron chi connectivity index (χ2n) is 6.61. The fourth-order valence-corrected chi connectivity index (χ4v) is 3.34. The van der Waals surface area contributed by atoms with Crippen LogP contribution in [-0.4, -0.2) is 18.3 Å². The van der Waals surface area contributed by atoms with Crippen LogP contribution in [-0.2, 0) is 17.9 Å². The van der Waals surface area contributed by atoms with Gasteiger partial charge in [0, 0.05) is 25.8 Å². The Morgan fingerprint density at radius 3 is 2.29 bits per heavy atom. The Morgan fingerprint density at radius 2 is 1.62 bits per heavy atom. The summed E-state index contributed by atoms with van der Waals surface area (Å²) in [4.78, 5) is 0. The van der Waals surface area contributed by atoms with Gasteiger partial charge in [-0.2, -0.15) is 0 Å². The van der Waals surface area contributed by atoms with Crippen LogP contribution >= 0.6 is 0 Å². The molecule has 0 saturated carbocycles. The molecule has 1 fully saturated rings. The maximum atomic E-state index is 9.15. The zero-order valence-corrected chi connectivity index (χ0v) is 14.2. The van der Waals surface area contributed by atoms with E-state index in [1.165, 1.54) is 11.1 Å². The van der Waals surface area contributed by atoms with Crippen LogP contribution in [0.2, 0.25) is 0 Å². The number of aliphatic hydroxyl groups is 1. The number of benzene rings is 2. The van der Waals surface area contributed by atoms with Crippen molar-refractivity contribution in [2.45, 2.75) is 38.5 Å². The van der Waals surface area contributed by atoms with Crippen molar-refractivity contribution in [3.8, 4) is 0 Å². The Kier molecular flexibility index (Phi) is 6.41. The molecule has 128 valence electrons. The minimum atomic E-state index is 0.101. The molecule has 0 spiro atoms. The molecule has 2 N–H and O–H groups in total. The first-order chi connectivity index (χ1) is 11.8. The summed E-state index contributed by atoms with van der Waals surface area (Å²) in [7, 11) is 0. The number of ether oxygens (including phenoxy) is 1. The molecule has 0 aliphatic carbocycles. The quantitative estimate of drug-likeness (QED) is 0.813. The van der Waals surface area contributed by atoms with E-state index in [0.717, 1.165) is 50.5 Å². The highest BCUT2D eigenvalue weighted by Crippen LogP contribution is 2.28. The molecule has 3 heteroatoms. The number of rotatable bonds is 7. The Bertz CT molecular complexity index is 591. The maximum absolute atomic E-state index is 9.15. The molecule has 0 aromatic heterocycles. The summed E-state index contributed by atoms with van der Waals surface area (Å²) in [5.41, 5.74) is 3.57. The first kappa shape index (κ1) is 17.2. The van der Waals surface area contributed by atoms with Gasteiger partial charge in [0.1, 0.15) is 0 Å². The van der Waals surface area contributed by atoms with Crippen molar-refractivity contribution in [2.24, 2.45) is 5.92 Å². The predicted octanol–water partition coefficient (Wildman–Crippen LogP) is 3.83. The Labute approximate surface area is 144 Å². The van der Waals surface area contributed by atoms with Gasteiger partial charge in [0.05, 0.1) is 6.61 Å². The van der Waals surface area contributed by atoms with Crippen molar-refractivity contribution in [3.05, 3.63) is 71.3 Å². The molecule has 2 aromatic carbocycles. The molecule has 1 aliphatic heterocycles. The van der Waals surface area contributed by atoms with Gasteiger partial charge in [0.15, 0.2) is 0 Å². The van der Waals surface area contributed by atoms with Gasteiger partial charge in [-0.3, -0.25) is 0 Å². The smallest absolute Gasteiger partial charge is 0.0681 e. The van der Waals surface area contributed by atoms with Crippen molar-refractivity contribution >= 4 is 0 Å². The lowest BCUT2D eigenvalue weighted by molar-refractivity contribution is 0.0604. The van der Waals surface area contributed by atoms with E-state index in [2.05, 4.69) is 47.8 Å². The molecule has 0 bridgehead atoms. The van der Waals surface area contributed by atoms with Crippen LogP contribution in [0.1, 0.15) is 42.0 Å². The van der Waals surface area contributed by atoms with Gasteiger partial charge in [-0.25, -0.2) is 0 Å². The highest BCUT2D eigenvalue weighted by atomic mass is 16.5. The molecular weight excluding hydrogens is 298 g/mol. The molecule has 0 radical (unpaired) electrons. The molecule has 0 amide bonds. The number of aliphatic hydroxyl groups excluding tert-OH is 1. The molecule has 1 atom stereocenters. The summed E-state index contributed by atoms with van der Waals surface area (Å²) in [5, 5.41) is 12.9. The fourth-order valence-electron chi connectivity index (χ4n) is 3.34. The fraction of sp³-hybridized carbons (Fsp3) is 0.429. The normalized spacial score (nSPS) is 16.9. The van der Waals surface area contributed by atoms with Crippen LogP contribution in [0.3, 0.4) is 0 Å². The minimum absolute atomic E-state index is 0.101. The third-order valence-electron chi connectivity index (χ3n) is 4.87. The summed E-state index contributed by atoms with van der Waals surface area (Å²) < 4.78 is 5.50. The van der Waals surface area contributed by atoms with Crippen molar-refractivity contribution in [1.29, 1.82) is 0 Å². The van der Waals surface area contributed by atoms with Crippen molar-refractivity contribution in [3.63, 3.8) is 0 Å². The topological polar surface area (TPSA) is 41.5 Å². The lowest BCUT2D eigenvalue weighted by Crippen LogP contribution is -2.26. The second kappa shape index (κ2) is 8.97. The van der Waals surface area contributed by atoms with E-state index in [9.17, 15) is 0 Å². The molecule has 3 nitrogen and oxygen atoms in total. The molecule has 2 aromatic rings. The molecule has 1 unspecified atom stereocenters. The summed E-state index contributed by atoms with van der Waals surface area (Å²) in [5.74, 6) is 0.730. The summed E-state index contributed by atoms with van der Waals surface area (Å²) >= 11 is 0. The van der Waals surface area contributed by atoms with Crippen LogP contribution in [0, 0.1) is 5.92 Å². The van der Waals surface area contributed by atoms with Crippen molar-refractivity contribution < 1.29 is 9.84 Å². The number of hydrogen-bond donors (Lipinski definition) is 2. The largest absolute Gasteiger partial charge is 0.392 e. The molecule has 1 aliphatic rings. The summed E-state index contributed by atoms with van der Waals surface area (Å²) in [6.45, 7) is 2.74. The summed E-state index contributed by atoms with van der Waals surface area (Å²) in [6, 6.07) is 19.3. The molecule has 1 saturated heterocycles. The van der Waals surface area contributed by atoms with Crippen LogP contribution in [0.4, 0.5) is 0 Å². The lowest BCUT2D eigenvalue weighted by atomic mass is 9.89. The third-order valence-corrected chi connectivity index (χ3v) is 4.87. The average Bonchev–Trinajstić information content (AvgIpc) is 2.67. The average molecular weight is 325 g/mol. The van der Waals surface area contributed by atoms with Crippen LogP contribution in [0.25, 0.3) is 0 Å². The predicted molar refractivity (Wildman–Crippen MR) is 96.5 cm³/mol. The SMILES string of the molecule is OCc1ccc(CNC(CC2CCOCC2)c2ccccc2)cc1. The Hall–Kier alpha value is -1.68. The molecule has 1 heterocycles. The zero-order valence-electron chi connectivity index (χ0n) is 14.2. The molecule has 3 rings (SSSR count). The zero-order chi connectivity index (χ0) is 16.6. The van der Waals surface area contributed by atoms with Crippen LogP contribution < -0.4 is 5.32 Å². The van der Waals surface area contributed by atoms with Crippen LogP contribution in [0.15, 0.2) is 54.6 Å². The van der Waals surface area contributed by atoms with Crippen molar-refractivity contribution in [1.82, 2.24) is 5.32 Å². The Balaban J connectivity index is 1.64. The van der Waals surface area contributed by atoms with Crippen molar-refractivity contribution in [2.75, 3.05) is 13.2 Å². The van der Waals surface area contributed by atoms with E-state index in [1.807, 2.05) is 12.1 Å². The van der Waals surface area contributed by atoms with Gasteiger partial charge in [-0.05, 0) is 41.9 Å². The van der Waals surface area contributed by atoms with Gasteiger partial charge in [0.2, 0.25) is 0 Å². The van der Waals surface area contributed by atoms with Gasteiger partial charge in [-0.1, -0.05) is 54.6 Å². The highest BCUT2D eigenvalue weighted by Gasteiger charge is 2.20. The standard InChI is InChI=1S/C21H27NO2/c23-16-19-8-6-18(7-9-19)15-22-21(20-4-2-1-3-5-20)14-17-10-12-24-13-11-17/h1-9,17,21-23H,10-16H2. The highest BCUT2D eigenvalue weighted by molar-refractivity contribution is 5.23. The van der Waals surface area contributed by atoms with Gasteiger partial charge < -0.3 is 15.2 Å². The third kappa shape index (κ3) is 4.91. The lowest BCUT2D eigenvalue weighted by Gasteiger charge is -2.28. The van der Waals surface area contributed by atoms with Gasteiger partial charge in [-0.15, -0.1) is 0 Å². The van der Waals surface area contributed by atoms with E-state index >= 15 is 0 Å². The second-order valence-corrected chi connectivity index (χ2v) is 6.61. The number of hydrogen-bond acceptors (Lipinski definition) is 3. The monoisotopic (exact) mass is 325 g/mol. The number of nitrogens with one attached hydrogen (secondary N) is 1. The van der Waals surface area contributed by atoms with E-state index in [-0.39, 0.29) is 6.61 Å². The van der Waals surface area contributed by atoms with E-state index in [1.54, 1.807) is 0 Å². The molecule has 24 heavy (non-hydrogen) atoms. The van der Waals surface area contributed by atoms with Crippen LogP contribution in [0.5, 0.6) is 0 Å². The first-order valence-electron chi connectivity index (χ1n) is 8.90. The van der Waals surface area contributed by atoms with Gasteiger partial charge in [0.25, 0.3) is 0 Å². The van der Waals surface area contributed by atoms with Gasteiger partial charge >= 0.3 is 0 Å². The molecular formula is C21H27NO2. The maximum Gasteiger partial charge on any atom is 0.0681 e. The minimum Gasteiger partial charge on any atom is -0.392 e. The van der Waals surface area contributed by atoms with E-state index in [0.29, 0.717) is 6.04 Å². The summed E-state index contributed by atoms with van der Waals surface area (Å²) in [6.07, 6.45) is 3.48. The first-order valence-corrected chi connectivity index (χ1v) is 8.90. The Morgan fingerprint density at radius 1 is 0.958 bits per heavy atom. The van der Waals surface area contributed by atoms with E-state index in [4.69, 9.17) is 9.84 Å².